The van der Waals surface area contributed by atoms with Crippen molar-refractivity contribution in [3.05, 3.63) is 75.8 Å². The van der Waals surface area contributed by atoms with Gasteiger partial charge in [0.15, 0.2) is 15.6 Å². The third kappa shape index (κ3) is 8.38. The van der Waals surface area contributed by atoms with Crippen molar-refractivity contribution in [2.45, 2.75) is 71.1 Å². The van der Waals surface area contributed by atoms with Gasteiger partial charge in [-0.25, -0.2) is 8.42 Å². The molecule has 2 saturated heterocycles. The molecule has 0 radical (unpaired) electrons. The molecule has 2 aliphatic rings. The molecule has 1 aromatic carbocycles. The van der Waals surface area contributed by atoms with Gasteiger partial charge in [-0.05, 0) is 69.1 Å². The first-order valence-electron chi connectivity index (χ1n) is 16.1. The number of nitrogens with one attached hydrogen (secondary N) is 3. The average Bonchev–Trinajstić information content (AvgIpc) is 3.37. The van der Waals surface area contributed by atoms with E-state index in [0.29, 0.717) is 23.0 Å². The monoisotopic (exact) mass is 665 g/mol. The Labute approximate surface area is 274 Å². The van der Waals surface area contributed by atoms with Crippen molar-refractivity contribution in [1.82, 2.24) is 20.1 Å². The number of carbonyl (C=O) groups is 3. The van der Waals surface area contributed by atoms with Crippen molar-refractivity contribution < 1.29 is 27.2 Å². The maximum absolute atomic E-state index is 13.5. The number of aromatic nitrogens is 1. The number of nitrogens with zero attached hydrogens (tertiary/aromatic N) is 2. The summed E-state index contributed by atoms with van der Waals surface area (Å²) in [5, 5.41) is 10.2. The summed E-state index contributed by atoms with van der Waals surface area (Å²) in [6, 6.07) is 9.03. The molecule has 3 aromatic rings. The third-order valence-electron chi connectivity index (χ3n) is 9.09. The standard InChI is InChI=1S/C34H43N5O7S/c1-4-24-19-23-11-9-16-38(20-23)31(24)37-29(40)21-39-17-10-14-27(34(39)43)36-32(41)26(13-7-8-18-47(3,44)45)35-33(42)30-22(2)25-12-5-6-15-28(25)46-30/h5-6,8,10,12,14-15,17-18,23-24,26,31H,4,7,9,11,13,16,19-21H2,1-3H3,(H,35,42)(H,36,41)(H,37,40)/b18-8+. The number of rotatable bonds is 12. The number of hydrogen-bond acceptors (Lipinski definition) is 8. The molecule has 0 aliphatic carbocycles. The predicted octanol–water partition coefficient (Wildman–Crippen LogP) is 3.56. The minimum absolute atomic E-state index is 0.0453. The zero-order valence-corrected chi connectivity index (χ0v) is 27.8. The van der Waals surface area contributed by atoms with Gasteiger partial charge in [-0.1, -0.05) is 37.6 Å². The fraction of sp³-hybridized carbons (Fsp3) is 0.471. The summed E-state index contributed by atoms with van der Waals surface area (Å²) in [5.41, 5.74) is 0.506. The number of sulfone groups is 1. The van der Waals surface area contributed by atoms with Crippen molar-refractivity contribution in [1.29, 1.82) is 0 Å². The molecule has 2 bridgehead atoms. The Bertz CT molecular complexity index is 1830. The lowest BCUT2D eigenvalue weighted by Crippen LogP contribution is -2.59. The van der Waals surface area contributed by atoms with Crippen LogP contribution in [-0.2, 0) is 26.0 Å². The molecule has 12 nitrogen and oxygen atoms in total. The Morgan fingerprint density at radius 1 is 1.15 bits per heavy atom. The Morgan fingerprint density at radius 3 is 2.68 bits per heavy atom. The van der Waals surface area contributed by atoms with Gasteiger partial charge in [-0.3, -0.25) is 24.1 Å². The summed E-state index contributed by atoms with van der Waals surface area (Å²) >= 11 is 0. The lowest BCUT2D eigenvalue weighted by atomic mass is 9.80. The van der Waals surface area contributed by atoms with Crippen LogP contribution in [0.25, 0.3) is 11.0 Å². The minimum Gasteiger partial charge on any atom is -0.451 e. The number of pyridine rings is 1. The zero-order chi connectivity index (χ0) is 33.7. The minimum atomic E-state index is -3.38. The maximum Gasteiger partial charge on any atom is 0.287 e. The molecule has 2 aliphatic heterocycles. The largest absolute Gasteiger partial charge is 0.451 e. The van der Waals surface area contributed by atoms with Crippen LogP contribution in [0.3, 0.4) is 0 Å². The van der Waals surface area contributed by atoms with E-state index >= 15 is 0 Å². The number of anilines is 1. The SMILES string of the molecule is CCC1CC2CCCN(C2)C1NC(=O)Cn1cccc(NC(=O)C(CC/C=C/S(C)(=O)=O)NC(=O)c2oc3ccccc3c2C)c1=O. The number of furan rings is 1. The van der Waals surface area contributed by atoms with Gasteiger partial charge in [-0.15, -0.1) is 0 Å². The first kappa shape index (κ1) is 34.1. The van der Waals surface area contributed by atoms with Gasteiger partial charge in [0, 0.05) is 41.9 Å². The molecule has 5 atom stereocenters. The summed E-state index contributed by atoms with van der Waals surface area (Å²) in [7, 11) is -3.38. The first-order valence-corrected chi connectivity index (χ1v) is 18.1. The van der Waals surface area contributed by atoms with Crippen LogP contribution < -0.4 is 21.5 Å². The summed E-state index contributed by atoms with van der Waals surface area (Å²) in [5.74, 6) is -0.521. The molecule has 13 heteroatoms. The Hall–Kier alpha value is -4.23. The van der Waals surface area contributed by atoms with Crippen LogP contribution in [0.5, 0.6) is 0 Å². The molecule has 252 valence electrons. The zero-order valence-electron chi connectivity index (χ0n) is 27.0. The molecule has 4 heterocycles. The van der Waals surface area contributed by atoms with Crippen LogP contribution in [0.15, 0.2) is 63.3 Å². The van der Waals surface area contributed by atoms with Gasteiger partial charge in [0.05, 0.1) is 6.17 Å². The molecule has 5 rings (SSSR count). The number of aryl methyl sites for hydroxylation is 1. The van der Waals surface area contributed by atoms with Crippen molar-refractivity contribution >= 4 is 44.2 Å². The van der Waals surface area contributed by atoms with Crippen molar-refractivity contribution in [2.75, 3.05) is 24.7 Å². The number of fused-ring (bicyclic) bond motifs is 3. The smallest absolute Gasteiger partial charge is 0.287 e. The molecule has 47 heavy (non-hydrogen) atoms. The fourth-order valence-electron chi connectivity index (χ4n) is 6.73. The molecule has 5 unspecified atom stereocenters. The van der Waals surface area contributed by atoms with Crippen molar-refractivity contribution in [2.24, 2.45) is 11.8 Å². The molecular weight excluding hydrogens is 622 g/mol. The number of carbonyl (C=O) groups excluding carboxylic acids is 3. The van der Waals surface area contributed by atoms with Crippen LogP contribution in [0.2, 0.25) is 0 Å². The van der Waals surface area contributed by atoms with E-state index in [1.807, 2.05) is 12.1 Å². The first-order chi connectivity index (χ1) is 22.4. The molecule has 2 fully saturated rings. The molecule has 0 spiro atoms. The third-order valence-corrected chi connectivity index (χ3v) is 9.78. The lowest BCUT2D eigenvalue weighted by molar-refractivity contribution is -0.126. The fourth-order valence-corrected chi connectivity index (χ4v) is 7.21. The molecule has 3 N–H and O–H groups in total. The molecular formula is C34H43N5O7S. The highest BCUT2D eigenvalue weighted by Gasteiger charge is 2.38. The quantitative estimate of drug-likeness (QED) is 0.265. The lowest BCUT2D eigenvalue weighted by Gasteiger charge is -2.48. The Kier molecular flexibility index (Phi) is 10.7. The molecule has 3 amide bonds. The van der Waals surface area contributed by atoms with E-state index in [1.165, 1.54) is 29.3 Å². The van der Waals surface area contributed by atoms with Crippen LogP contribution >= 0.6 is 0 Å². The predicted molar refractivity (Wildman–Crippen MR) is 179 cm³/mol. The van der Waals surface area contributed by atoms with Crippen LogP contribution in [0.1, 0.15) is 61.6 Å². The van der Waals surface area contributed by atoms with E-state index in [0.717, 1.165) is 49.4 Å². The average molecular weight is 666 g/mol. The van der Waals surface area contributed by atoms with E-state index in [4.69, 9.17) is 4.42 Å². The summed E-state index contributed by atoms with van der Waals surface area (Å²) in [6.45, 7) is 5.58. The number of piperidine rings is 2. The summed E-state index contributed by atoms with van der Waals surface area (Å²) < 4.78 is 30.1. The van der Waals surface area contributed by atoms with Gasteiger partial charge in [0.1, 0.15) is 23.9 Å². The van der Waals surface area contributed by atoms with E-state index in [1.54, 1.807) is 25.1 Å². The second-order valence-corrected chi connectivity index (χ2v) is 14.6. The number of para-hydroxylation sites is 1. The Balaban J connectivity index is 1.29. The highest BCUT2D eigenvalue weighted by molar-refractivity contribution is 7.93. The molecule has 0 saturated carbocycles. The van der Waals surface area contributed by atoms with Crippen LogP contribution in [0.4, 0.5) is 5.69 Å². The van der Waals surface area contributed by atoms with Gasteiger partial charge in [-0.2, -0.15) is 0 Å². The van der Waals surface area contributed by atoms with E-state index in [9.17, 15) is 27.6 Å². The normalized spacial score (nSPS) is 21.8. The number of hydrogen-bond donors (Lipinski definition) is 3. The Morgan fingerprint density at radius 2 is 1.94 bits per heavy atom. The number of benzene rings is 1. The summed E-state index contributed by atoms with van der Waals surface area (Å²) in [4.78, 5) is 55.7. The number of allylic oxidation sites excluding steroid dienone is 1. The van der Waals surface area contributed by atoms with E-state index in [2.05, 4.69) is 27.8 Å². The maximum atomic E-state index is 13.5. The van der Waals surface area contributed by atoms with Crippen LogP contribution in [0, 0.1) is 18.8 Å². The van der Waals surface area contributed by atoms with E-state index < -0.39 is 33.3 Å². The van der Waals surface area contributed by atoms with Crippen molar-refractivity contribution in [3.8, 4) is 0 Å². The van der Waals surface area contributed by atoms with Crippen LogP contribution in [-0.4, -0.2) is 67.2 Å². The van der Waals surface area contributed by atoms with Gasteiger partial charge in [0.2, 0.25) is 11.8 Å². The topological polar surface area (TPSA) is 160 Å². The second-order valence-electron chi connectivity index (χ2n) is 12.6. The van der Waals surface area contributed by atoms with Crippen molar-refractivity contribution in [3.63, 3.8) is 0 Å². The highest BCUT2D eigenvalue weighted by atomic mass is 32.2. The summed E-state index contributed by atoms with van der Waals surface area (Å²) in [6.07, 6.45) is 8.46. The number of amides is 3. The second kappa shape index (κ2) is 14.7. The van der Waals surface area contributed by atoms with Gasteiger partial charge >= 0.3 is 0 Å². The van der Waals surface area contributed by atoms with Gasteiger partial charge < -0.3 is 24.9 Å². The highest BCUT2D eigenvalue weighted by Crippen LogP contribution is 2.34. The van der Waals surface area contributed by atoms with E-state index in [-0.39, 0.29) is 42.9 Å². The van der Waals surface area contributed by atoms with Gasteiger partial charge in [0.25, 0.3) is 11.5 Å². The molecule has 2 aromatic heterocycles.